The zero-order valence-corrected chi connectivity index (χ0v) is 12.8. The Hall–Kier alpha value is -1.97. The molecule has 2 bridgehead atoms. The fourth-order valence-electron chi connectivity index (χ4n) is 4.81. The lowest BCUT2D eigenvalue weighted by Gasteiger charge is -2.51. The highest BCUT2D eigenvalue weighted by Crippen LogP contribution is 2.59. The summed E-state index contributed by atoms with van der Waals surface area (Å²) in [6.45, 7) is 4.24. The molecule has 0 N–H and O–H groups in total. The molecule has 4 heteroatoms. The molecule has 1 saturated heterocycles. The topological polar surface area (TPSA) is 54.5 Å². The van der Waals surface area contributed by atoms with Crippen molar-refractivity contribution in [2.24, 2.45) is 29.1 Å². The van der Waals surface area contributed by atoms with Gasteiger partial charge in [0.05, 0.1) is 17.5 Å². The average Bonchev–Trinajstić information content (AvgIpc) is 2.74. The number of hydrogen-bond acceptors (Lipinski definition) is 3. The predicted molar refractivity (Wildman–Crippen MR) is 80.9 cm³/mol. The highest BCUT2D eigenvalue weighted by molar-refractivity contribution is 6.23. The molecule has 3 saturated carbocycles. The van der Waals surface area contributed by atoms with Gasteiger partial charge in [0.15, 0.2) is 0 Å². The first-order valence-electron chi connectivity index (χ1n) is 7.87. The lowest BCUT2D eigenvalue weighted by Crippen LogP contribution is -2.54. The maximum atomic E-state index is 12.9. The van der Waals surface area contributed by atoms with Crippen LogP contribution in [0.25, 0.3) is 0 Å². The lowest BCUT2D eigenvalue weighted by atomic mass is 9.49. The van der Waals surface area contributed by atoms with Crippen LogP contribution in [-0.4, -0.2) is 17.6 Å². The maximum Gasteiger partial charge on any atom is 0.238 e. The van der Waals surface area contributed by atoms with E-state index in [1.165, 1.54) is 4.90 Å². The zero-order valence-electron chi connectivity index (χ0n) is 12.8. The Morgan fingerprint density at radius 1 is 1.00 bits per heavy atom. The van der Waals surface area contributed by atoms with E-state index < -0.39 is 5.92 Å². The van der Waals surface area contributed by atoms with Crippen molar-refractivity contribution in [1.29, 1.82) is 0 Å². The average molecular weight is 297 g/mol. The molecule has 22 heavy (non-hydrogen) atoms. The predicted octanol–water partition coefficient (Wildman–Crippen LogP) is 2.43. The molecule has 1 aromatic rings. The third-order valence-electron chi connectivity index (χ3n) is 5.86. The molecular formula is C18H19NO3. The first kappa shape index (κ1) is 13.7. The number of anilines is 1. The van der Waals surface area contributed by atoms with Crippen LogP contribution < -0.4 is 4.90 Å². The molecule has 0 aromatic heterocycles. The van der Waals surface area contributed by atoms with Crippen molar-refractivity contribution in [1.82, 2.24) is 0 Å². The summed E-state index contributed by atoms with van der Waals surface area (Å²) in [5, 5.41) is 0. The number of benzene rings is 1. The van der Waals surface area contributed by atoms with Gasteiger partial charge in [-0.25, -0.2) is 0 Å². The number of imide groups is 1. The van der Waals surface area contributed by atoms with E-state index in [4.69, 9.17) is 0 Å². The van der Waals surface area contributed by atoms with Gasteiger partial charge in [-0.3, -0.25) is 19.3 Å². The summed E-state index contributed by atoms with van der Waals surface area (Å²) in [7, 11) is 0. The van der Waals surface area contributed by atoms with E-state index >= 15 is 0 Å². The Morgan fingerprint density at radius 2 is 1.64 bits per heavy atom. The second kappa shape index (κ2) is 4.28. The van der Waals surface area contributed by atoms with Crippen molar-refractivity contribution < 1.29 is 14.4 Å². The fourth-order valence-corrected chi connectivity index (χ4v) is 4.81. The summed E-state index contributed by atoms with van der Waals surface area (Å²) < 4.78 is 0. The number of Topliss-reactive ketones (excluding diaryl/α,β-unsaturated/α-hetero) is 1. The molecule has 5 rings (SSSR count). The molecule has 114 valence electrons. The summed E-state index contributed by atoms with van der Waals surface area (Å²) in [4.78, 5) is 39.4. The standard InChI is InChI=1S/C18H19NO3/c1-18(2)9-11-13(20)8-12(18)15-14(11)16(21)19(17(15)22)10-6-4-3-5-7-10/h3-7,11-12,14-15H,8-9H2,1-2H3/t11-,12+,14+,15-/m1/s1. The number of carbonyl (C=O) groups is 3. The van der Waals surface area contributed by atoms with Crippen molar-refractivity contribution in [3.05, 3.63) is 30.3 Å². The Morgan fingerprint density at radius 3 is 2.32 bits per heavy atom. The van der Waals surface area contributed by atoms with Crippen molar-refractivity contribution in [2.75, 3.05) is 4.90 Å². The number of hydrogen-bond donors (Lipinski definition) is 0. The summed E-state index contributed by atoms with van der Waals surface area (Å²) in [6.07, 6.45) is 1.17. The Kier molecular flexibility index (Phi) is 2.66. The van der Waals surface area contributed by atoms with E-state index in [-0.39, 0.29) is 40.8 Å². The summed E-state index contributed by atoms with van der Waals surface area (Å²) in [5.41, 5.74) is 0.569. The molecule has 3 aliphatic carbocycles. The zero-order chi connectivity index (χ0) is 15.6. The summed E-state index contributed by atoms with van der Waals surface area (Å²) in [5.74, 6) is -1.18. The van der Waals surface area contributed by atoms with Gasteiger partial charge in [-0.1, -0.05) is 32.0 Å². The highest BCUT2D eigenvalue weighted by Gasteiger charge is 2.65. The maximum absolute atomic E-state index is 12.9. The van der Waals surface area contributed by atoms with Crippen LogP contribution in [-0.2, 0) is 14.4 Å². The number of amides is 2. The SMILES string of the molecule is CC1(C)C[C@@H]2C(=O)C[C@H]1[C@H]1C(=O)N(c3ccccc3)C(=O)[C@H]12. The van der Waals surface area contributed by atoms with E-state index in [0.29, 0.717) is 12.1 Å². The van der Waals surface area contributed by atoms with Crippen molar-refractivity contribution >= 4 is 23.3 Å². The van der Waals surface area contributed by atoms with Gasteiger partial charge in [-0.2, -0.15) is 0 Å². The molecular weight excluding hydrogens is 278 g/mol. The van der Waals surface area contributed by atoms with Crippen LogP contribution in [0.5, 0.6) is 0 Å². The molecule has 4 aliphatic rings. The fraction of sp³-hybridized carbons (Fsp3) is 0.500. The molecule has 1 heterocycles. The normalized spacial score (nSPS) is 35.9. The molecule has 4 fully saturated rings. The second-order valence-electron chi connectivity index (χ2n) is 7.48. The smallest absolute Gasteiger partial charge is 0.238 e. The molecule has 2 amide bonds. The van der Waals surface area contributed by atoms with Crippen LogP contribution in [0.1, 0.15) is 26.7 Å². The van der Waals surface area contributed by atoms with Crippen molar-refractivity contribution in [3.63, 3.8) is 0 Å². The van der Waals surface area contributed by atoms with Crippen molar-refractivity contribution in [2.45, 2.75) is 26.7 Å². The summed E-state index contributed by atoms with van der Waals surface area (Å²) in [6, 6.07) is 9.06. The van der Waals surface area contributed by atoms with E-state index in [1.54, 1.807) is 12.1 Å². The van der Waals surface area contributed by atoms with Crippen LogP contribution in [0.15, 0.2) is 30.3 Å². The Bertz CT molecular complexity index is 679. The van der Waals surface area contributed by atoms with Crippen LogP contribution in [0.4, 0.5) is 5.69 Å². The van der Waals surface area contributed by atoms with Gasteiger partial charge >= 0.3 is 0 Å². The van der Waals surface area contributed by atoms with Gasteiger partial charge in [0, 0.05) is 12.3 Å². The quantitative estimate of drug-likeness (QED) is 0.748. The molecule has 0 unspecified atom stereocenters. The number of fused-ring (bicyclic) bond motifs is 2. The van der Waals surface area contributed by atoms with Gasteiger partial charge in [0.1, 0.15) is 5.78 Å². The highest BCUT2D eigenvalue weighted by atomic mass is 16.2. The lowest BCUT2D eigenvalue weighted by molar-refractivity contribution is -0.153. The van der Waals surface area contributed by atoms with E-state index in [2.05, 4.69) is 13.8 Å². The molecule has 0 spiro atoms. The first-order chi connectivity index (χ1) is 10.4. The third kappa shape index (κ3) is 1.61. The molecule has 4 nitrogen and oxygen atoms in total. The summed E-state index contributed by atoms with van der Waals surface area (Å²) >= 11 is 0. The van der Waals surface area contributed by atoms with Gasteiger partial charge in [0.2, 0.25) is 11.8 Å². The number of ketones is 1. The van der Waals surface area contributed by atoms with Crippen LogP contribution in [0.2, 0.25) is 0 Å². The minimum absolute atomic E-state index is 0.0137. The number of rotatable bonds is 1. The van der Waals surface area contributed by atoms with Crippen molar-refractivity contribution in [3.8, 4) is 0 Å². The van der Waals surface area contributed by atoms with Crippen LogP contribution in [0, 0.1) is 29.1 Å². The number of carbonyl (C=O) groups excluding carboxylic acids is 3. The van der Waals surface area contributed by atoms with E-state index in [9.17, 15) is 14.4 Å². The number of para-hydroxylation sites is 1. The Labute approximate surface area is 129 Å². The molecule has 4 atom stereocenters. The molecule has 1 aromatic carbocycles. The van der Waals surface area contributed by atoms with Gasteiger partial charge in [-0.15, -0.1) is 0 Å². The third-order valence-corrected chi connectivity index (χ3v) is 5.86. The van der Waals surface area contributed by atoms with E-state index in [0.717, 1.165) is 6.42 Å². The van der Waals surface area contributed by atoms with Crippen LogP contribution in [0.3, 0.4) is 0 Å². The minimum Gasteiger partial charge on any atom is -0.299 e. The van der Waals surface area contributed by atoms with E-state index in [1.807, 2.05) is 18.2 Å². The largest absolute Gasteiger partial charge is 0.299 e. The van der Waals surface area contributed by atoms with Gasteiger partial charge in [-0.05, 0) is 29.9 Å². The minimum atomic E-state index is -0.438. The Balaban J connectivity index is 1.80. The first-order valence-corrected chi connectivity index (χ1v) is 7.87. The second-order valence-corrected chi connectivity index (χ2v) is 7.48. The van der Waals surface area contributed by atoms with Crippen LogP contribution >= 0.6 is 0 Å². The monoisotopic (exact) mass is 297 g/mol. The van der Waals surface area contributed by atoms with Gasteiger partial charge < -0.3 is 0 Å². The molecule has 1 aliphatic heterocycles. The van der Waals surface area contributed by atoms with Gasteiger partial charge in [0.25, 0.3) is 0 Å². The number of nitrogens with zero attached hydrogens (tertiary/aromatic N) is 1. The molecule has 0 radical (unpaired) electrons.